The number of amides is 2. The summed E-state index contributed by atoms with van der Waals surface area (Å²) >= 11 is 0. The second-order valence-corrected chi connectivity index (χ2v) is 5.38. The molecule has 0 fully saturated rings. The van der Waals surface area contributed by atoms with Gasteiger partial charge in [-0.3, -0.25) is 9.59 Å². The molecule has 5 nitrogen and oxygen atoms in total. The van der Waals surface area contributed by atoms with Crippen LogP contribution in [0, 0.1) is 18.7 Å². The summed E-state index contributed by atoms with van der Waals surface area (Å²) in [6.45, 7) is 6.34. The van der Waals surface area contributed by atoms with Gasteiger partial charge in [0.25, 0.3) is 5.91 Å². The second kappa shape index (κ2) is 7.61. The van der Waals surface area contributed by atoms with Crippen LogP contribution >= 0.6 is 0 Å². The van der Waals surface area contributed by atoms with Gasteiger partial charge in [-0.05, 0) is 25.0 Å². The zero-order chi connectivity index (χ0) is 16.0. The first-order valence-corrected chi connectivity index (χ1v) is 6.91. The maximum Gasteiger partial charge on any atom is 0.251 e. The van der Waals surface area contributed by atoms with Gasteiger partial charge in [-0.2, -0.15) is 0 Å². The molecule has 21 heavy (non-hydrogen) atoms. The average molecular weight is 295 g/mol. The van der Waals surface area contributed by atoms with Gasteiger partial charge in [-0.1, -0.05) is 13.8 Å². The normalized spacial score (nSPS) is 10.5. The van der Waals surface area contributed by atoms with Crippen LogP contribution in [0.2, 0.25) is 0 Å². The number of anilines is 1. The van der Waals surface area contributed by atoms with Crippen LogP contribution in [0.15, 0.2) is 12.1 Å². The third-order valence-electron chi connectivity index (χ3n) is 2.99. The maximum absolute atomic E-state index is 13.5. The molecule has 0 aromatic heterocycles. The second-order valence-electron chi connectivity index (χ2n) is 5.38. The fourth-order valence-corrected chi connectivity index (χ4v) is 1.63. The van der Waals surface area contributed by atoms with E-state index in [9.17, 15) is 14.0 Å². The number of rotatable bonds is 6. The standard InChI is InChI=1S/C15H22FN3O2/c1-9(2)8-19-14(20)4-5-18-15(21)11-6-12(16)10(3)13(17)7-11/h6-7,9H,4-5,8,17H2,1-3H3,(H,18,21)(H,19,20). The van der Waals surface area contributed by atoms with Crippen LogP contribution in [0.25, 0.3) is 0 Å². The largest absolute Gasteiger partial charge is 0.398 e. The first kappa shape index (κ1) is 16.9. The summed E-state index contributed by atoms with van der Waals surface area (Å²) in [5.74, 6) is -0.715. The van der Waals surface area contributed by atoms with Crippen LogP contribution in [0.3, 0.4) is 0 Å². The van der Waals surface area contributed by atoms with Gasteiger partial charge in [0.05, 0.1) is 0 Å². The summed E-state index contributed by atoms with van der Waals surface area (Å²) in [5, 5.41) is 5.32. The predicted molar refractivity (Wildman–Crippen MR) is 80.3 cm³/mol. The highest BCUT2D eigenvalue weighted by Gasteiger charge is 2.11. The quantitative estimate of drug-likeness (QED) is 0.697. The van der Waals surface area contributed by atoms with E-state index in [1.54, 1.807) is 6.92 Å². The Morgan fingerprint density at radius 2 is 1.95 bits per heavy atom. The van der Waals surface area contributed by atoms with Crippen molar-refractivity contribution in [2.45, 2.75) is 27.2 Å². The van der Waals surface area contributed by atoms with Gasteiger partial charge >= 0.3 is 0 Å². The molecule has 1 aromatic rings. The third kappa shape index (κ3) is 5.41. The van der Waals surface area contributed by atoms with E-state index < -0.39 is 11.7 Å². The van der Waals surface area contributed by atoms with Gasteiger partial charge in [0.15, 0.2) is 0 Å². The molecule has 0 saturated heterocycles. The number of halogens is 1. The number of nitrogen functional groups attached to an aromatic ring is 1. The Hall–Kier alpha value is -2.11. The van der Waals surface area contributed by atoms with Crippen molar-refractivity contribution in [2.24, 2.45) is 5.92 Å². The summed E-state index contributed by atoms with van der Waals surface area (Å²) in [4.78, 5) is 23.3. The van der Waals surface area contributed by atoms with Gasteiger partial charge in [0.1, 0.15) is 5.82 Å². The van der Waals surface area contributed by atoms with Crippen LogP contribution in [-0.4, -0.2) is 24.9 Å². The van der Waals surface area contributed by atoms with Crippen LogP contribution in [0.5, 0.6) is 0 Å². The molecule has 0 unspecified atom stereocenters. The predicted octanol–water partition coefficient (Wildman–Crippen LogP) is 1.61. The van der Waals surface area contributed by atoms with Crippen LogP contribution in [-0.2, 0) is 4.79 Å². The van der Waals surface area contributed by atoms with E-state index in [1.165, 1.54) is 6.07 Å². The fourth-order valence-electron chi connectivity index (χ4n) is 1.63. The van der Waals surface area contributed by atoms with Crippen molar-refractivity contribution < 1.29 is 14.0 Å². The molecule has 0 atom stereocenters. The molecule has 0 aliphatic rings. The van der Waals surface area contributed by atoms with Crippen molar-refractivity contribution in [1.82, 2.24) is 10.6 Å². The number of nitrogens with one attached hydrogen (secondary N) is 2. The topological polar surface area (TPSA) is 84.2 Å². The molecule has 116 valence electrons. The molecule has 0 radical (unpaired) electrons. The molecule has 0 aliphatic carbocycles. The zero-order valence-electron chi connectivity index (χ0n) is 12.6. The van der Waals surface area contributed by atoms with Gasteiger partial charge in [0.2, 0.25) is 5.91 Å². The number of hydrogen-bond acceptors (Lipinski definition) is 3. The van der Waals surface area contributed by atoms with Crippen molar-refractivity contribution >= 4 is 17.5 Å². The molecule has 2 amide bonds. The lowest BCUT2D eigenvalue weighted by Crippen LogP contribution is -2.32. The number of hydrogen-bond donors (Lipinski definition) is 3. The van der Waals surface area contributed by atoms with E-state index in [0.29, 0.717) is 18.0 Å². The van der Waals surface area contributed by atoms with E-state index in [0.717, 1.165) is 6.07 Å². The zero-order valence-corrected chi connectivity index (χ0v) is 12.6. The van der Waals surface area contributed by atoms with Gasteiger partial charge in [-0.25, -0.2) is 4.39 Å². The van der Waals surface area contributed by atoms with E-state index in [1.807, 2.05) is 13.8 Å². The monoisotopic (exact) mass is 295 g/mol. The number of carbonyl (C=O) groups is 2. The summed E-state index contributed by atoms with van der Waals surface area (Å²) in [7, 11) is 0. The lowest BCUT2D eigenvalue weighted by atomic mass is 10.1. The summed E-state index contributed by atoms with van der Waals surface area (Å²) in [6, 6.07) is 2.56. The smallest absolute Gasteiger partial charge is 0.251 e. The molecule has 0 bridgehead atoms. The summed E-state index contributed by atoms with van der Waals surface area (Å²) in [6.07, 6.45) is 0.183. The van der Waals surface area contributed by atoms with Crippen molar-refractivity contribution in [2.75, 3.05) is 18.8 Å². The summed E-state index contributed by atoms with van der Waals surface area (Å²) < 4.78 is 13.5. The minimum absolute atomic E-state index is 0.126. The molecular weight excluding hydrogens is 273 g/mol. The summed E-state index contributed by atoms with van der Waals surface area (Å²) in [5.41, 5.74) is 6.32. The molecule has 1 rings (SSSR count). The molecule has 6 heteroatoms. The first-order chi connectivity index (χ1) is 9.81. The Labute approximate surface area is 124 Å². The Morgan fingerprint density at radius 3 is 2.52 bits per heavy atom. The first-order valence-electron chi connectivity index (χ1n) is 6.91. The lowest BCUT2D eigenvalue weighted by molar-refractivity contribution is -0.121. The Kier molecular flexibility index (Phi) is 6.14. The molecular formula is C15H22FN3O2. The Morgan fingerprint density at radius 1 is 1.29 bits per heavy atom. The molecule has 4 N–H and O–H groups in total. The van der Waals surface area contributed by atoms with E-state index in [-0.39, 0.29) is 30.1 Å². The Balaban J connectivity index is 2.46. The molecule has 0 spiro atoms. The van der Waals surface area contributed by atoms with E-state index in [4.69, 9.17) is 5.73 Å². The highest BCUT2D eigenvalue weighted by Crippen LogP contribution is 2.17. The molecule has 1 aromatic carbocycles. The molecule has 0 aliphatic heterocycles. The number of benzene rings is 1. The Bertz CT molecular complexity index is 507. The highest BCUT2D eigenvalue weighted by molar-refractivity contribution is 5.95. The molecule has 0 heterocycles. The minimum atomic E-state index is -0.519. The van der Waals surface area contributed by atoms with Crippen molar-refractivity contribution in [3.8, 4) is 0 Å². The van der Waals surface area contributed by atoms with Crippen molar-refractivity contribution in [1.29, 1.82) is 0 Å². The van der Waals surface area contributed by atoms with Crippen molar-refractivity contribution in [3.63, 3.8) is 0 Å². The fraction of sp³-hybridized carbons (Fsp3) is 0.467. The van der Waals surface area contributed by atoms with Gasteiger partial charge < -0.3 is 16.4 Å². The maximum atomic E-state index is 13.5. The van der Waals surface area contributed by atoms with E-state index in [2.05, 4.69) is 10.6 Å². The third-order valence-corrected chi connectivity index (χ3v) is 2.99. The number of carbonyl (C=O) groups excluding carboxylic acids is 2. The lowest BCUT2D eigenvalue weighted by Gasteiger charge is -2.09. The highest BCUT2D eigenvalue weighted by atomic mass is 19.1. The van der Waals surface area contributed by atoms with Crippen LogP contribution < -0.4 is 16.4 Å². The molecule has 0 saturated carbocycles. The van der Waals surface area contributed by atoms with Crippen LogP contribution in [0.4, 0.5) is 10.1 Å². The average Bonchev–Trinajstić information content (AvgIpc) is 2.41. The van der Waals surface area contributed by atoms with Gasteiger partial charge in [0, 0.05) is 36.3 Å². The van der Waals surface area contributed by atoms with Crippen molar-refractivity contribution in [3.05, 3.63) is 29.1 Å². The number of nitrogens with two attached hydrogens (primary N) is 1. The van der Waals surface area contributed by atoms with Gasteiger partial charge in [-0.15, -0.1) is 0 Å². The minimum Gasteiger partial charge on any atom is -0.398 e. The SMILES string of the molecule is Cc1c(N)cc(C(=O)NCCC(=O)NCC(C)C)cc1F. The van der Waals surface area contributed by atoms with Crippen LogP contribution in [0.1, 0.15) is 36.2 Å². The van der Waals surface area contributed by atoms with E-state index >= 15 is 0 Å².